The third-order valence-corrected chi connectivity index (χ3v) is 4.99. The number of morpholine rings is 1. The number of nitrogens with one attached hydrogen (secondary N) is 1. The third-order valence-electron chi connectivity index (χ3n) is 4.99. The van der Waals surface area contributed by atoms with Crippen LogP contribution < -0.4 is 21.5 Å². The number of anilines is 2. The molecule has 2 aromatic rings. The van der Waals surface area contributed by atoms with Gasteiger partial charge in [0, 0.05) is 45.5 Å². The zero-order valence-electron chi connectivity index (χ0n) is 17.1. The maximum atomic E-state index is 12.5. The smallest absolute Gasteiger partial charge is 0.332 e. The number of carbonyl (C=O) groups is 1. The summed E-state index contributed by atoms with van der Waals surface area (Å²) in [5, 5.41) is 2.66. The van der Waals surface area contributed by atoms with E-state index in [9.17, 15) is 14.4 Å². The summed E-state index contributed by atoms with van der Waals surface area (Å²) in [5.74, 6) is -0.107. The average Bonchev–Trinajstić information content (AvgIpc) is 2.71. The van der Waals surface area contributed by atoms with Crippen LogP contribution in [0.1, 0.15) is 5.56 Å². The number of likely N-dealkylation sites (N-methyl/N-ethyl adjacent to an activating group) is 1. The number of benzene rings is 1. The number of rotatable bonds is 6. The van der Waals surface area contributed by atoms with Gasteiger partial charge in [0.1, 0.15) is 5.82 Å². The molecular weight excluding hydrogens is 374 g/mol. The van der Waals surface area contributed by atoms with Gasteiger partial charge in [-0.1, -0.05) is 18.2 Å². The molecule has 1 amide bonds. The summed E-state index contributed by atoms with van der Waals surface area (Å²) in [7, 11) is 4.77. The summed E-state index contributed by atoms with van der Waals surface area (Å²) in [4.78, 5) is 40.5. The van der Waals surface area contributed by atoms with Crippen LogP contribution in [0.4, 0.5) is 11.5 Å². The van der Waals surface area contributed by atoms with Gasteiger partial charge < -0.3 is 15.0 Å². The Hall–Kier alpha value is -2.91. The van der Waals surface area contributed by atoms with E-state index in [4.69, 9.17) is 4.74 Å². The molecule has 0 spiro atoms. The van der Waals surface area contributed by atoms with Gasteiger partial charge in [0.2, 0.25) is 5.91 Å². The first-order valence-corrected chi connectivity index (χ1v) is 9.53. The maximum Gasteiger partial charge on any atom is 0.332 e. The van der Waals surface area contributed by atoms with Crippen LogP contribution in [0.3, 0.4) is 0 Å². The molecule has 29 heavy (non-hydrogen) atoms. The van der Waals surface area contributed by atoms with Crippen LogP contribution >= 0.6 is 0 Å². The molecule has 1 aliphatic rings. The summed E-state index contributed by atoms with van der Waals surface area (Å²) in [6, 6.07) is 9.39. The number of ether oxygens (including phenoxy) is 1. The van der Waals surface area contributed by atoms with E-state index < -0.39 is 11.2 Å². The number of aromatic nitrogens is 2. The lowest BCUT2D eigenvalue weighted by Crippen LogP contribution is -2.39. The summed E-state index contributed by atoms with van der Waals surface area (Å²) in [6.45, 7) is 3.83. The Labute approximate surface area is 169 Å². The third kappa shape index (κ3) is 4.93. The summed E-state index contributed by atoms with van der Waals surface area (Å²) < 4.78 is 7.67. The molecular formula is C20H27N5O4. The number of nitrogens with zero attached hydrogens (tertiary/aromatic N) is 4. The molecule has 1 aliphatic heterocycles. The minimum absolute atomic E-state index is 0.126. The fourth-order valence-corrected chi connectivity index (χ4v) is 3.38. The molecule has 0 saturated carbocycles. The molecule has 9 nitrogen and oxygen atoms in total. The molecule has 0 aliphatic carbocycles. The van der Waals surface area contributed by atoms with Gasteiger partial charge in [-0.05, 0) is 18.7 Å². The van der Waals surface area contributed by atoms with Crippen molar-refractivity contribution in [1.82, 2.24) is 14.0 Å². The van der Waals surface area contributed by atoms with Crippen LogP contribution in [0.25, 0.3) is 0 Å². The minimum Gasteiger partial charge on any atom is -0.378 e. The quantitative estimate of drug-likeness (QED) is 0.733. The van der Waals surface area contributed by atoms with E-state index in [1.165, 1.54) is 24.7 Å². The van der Waals surface area contributed by atoms with E-state index in [-0.39, 0.29) is 18.3 Å². The van der Waals surface area contributed by atoms with Crippen molar-refractivity contribution in [3.8, 4) is 0 Å². The Morgan fingerprint density at radius 3 is 2.55 bits per heavy atom. The van der Waals surface area contributed by atoms with Gasteiger partial charge >= 0.3 is 5.69 Å². The Morgan fingerprint density at radius 2 is 1.83 bits per heavy atom. The maximum absolute atomic E-state index is 12.5. The fourth-order valence-electron chi connectivity index (χ4n) is 3.38. The molecule has 0 bridgehead atoms. The Balaban J connectivity index is 1.66. The largest absolute Gasteiger partial charge is 0.378 e. The summed E-state index contributed by atoms with van der Waals surface area (Å²) in [6.07, 6.45) is 0. The molecule has 156 valence electrons. The SMILES string of the molecule is CN(CC(=O)Nc1cc(=O)n(C)c(=O)n1C)Cc1ccccc1N1CCOCC1. The van der Waals surface area contributed by atoms with E-state index in [0.29, 0.717) is 19.8 Å². The predicted molar refractivity (Wildman–Crippen MR) is 111 cm³/mol. The minimum atomic E-state index is -0.486. The van der Waals surface area contributed by atoms with Gasteiger partial charge in [0.25, 0.3) is 5.56 Å². The van der Waals surface area contributed by atoms with Crippen molar-refractivity contribution >= 4 is 17.4 Å². The number of para-hydroxylation sites is 1. The predicted octanol–water partition coefficient (Wildman–Crippen LogP) is -0.00890. The van der Waals surface area contributed by atoms with Gasteiger partial charge in [-0.25, -0.2) is 4.79 Å². The normalized spacial score (nSPS) is 14.3. The lowest BCUT2D eigenvalue weighted by molar-refractivity contribution is -0.117. The second-order valence-corrected chi connectivity index (χ2v) is 7.22. The standard InChI is InChI=1S/C20H27N5O4/c1-22(13-15-6-4-5-7-16(15)25-8-10-29-11-9-25)14-18(26)21-17-12-19(27)24(3)20(28)23(17)2/h4-7,12H,8-11,13-14H2,1-3H3,(H,21,26). The van der Waals surface area contributed by atoms with Crippen LogP contribution in [-0.4, -0.2) is 59.8 Å². The van der Waals surface area contributed by atoms with Crippen LogP contribution in [0.15, 0.2) is 39.9 Å². The van der Waals surface area contributed by atoms with Gasteiger partial charge in [-0.15, -0.1) is 0 Å². The van der Waals surface area contributed by atoms with E-state index in [1.807, 2.05) is 24.1 Å². The second-order valence-electron chi connectivity index (χ2n) is 7.22. The number of hydrogen-bond acceptors (Lipinski definition) is 6. The summed E-state index contributed by atoms with van der Waals surface area (Å²) >= 11 is 0. The van der Waals surface area contributed by atoms with Crippen LogP contribution in [-0.2, 0) is 30.2 Å². The summed E-state index contributed by atoms with van der Waals surface area (Å²) in [5.41, 5.74) is 1.33. The number of carbonyl (C=O) groups excluding carboxylic acids is 1. The Kier molecular flexibility index (Phi) is 6.50. The van der Waals surface area contributed by atoms with Crippen molar-refractivity contribution in [3.05, 3.63) is 56.7 Å². The topological polar surface area (TPSA) is 88.8 Å². The lowest BCUT2D eigenvalue weighted by Gasteiger charge is -2.31. The molecule has 1 aromatic carbocycles. The monoisotopic (exact) mass is 401 g/mol. The fraction of sp³-hybridized carbons (Fsp3) is 0.450. The Morgan fingerprint density at radius 1 is 1.14 bits per heavy atom. The zero-order valence-corrected chi connectivity index (χ0v) is 17.1. The number of hydrogen-bond donors (Lipinski definition) is 1. The molecule has 1 aromatic heterocycles. The molecule has 1 N–H and O–H groups in total. The highest BCUT2D eigenvalue weighted by Gasteiger charge is 2.17. The van der Waals surface area contributed by atoms with Crippen molar-refractivity contribution in [2.24, 2.45) is 14.1 Å². The van der Waals surface area contributed by atoms with Crippen molar-refractivity contribution in [1.29, 1.82) is 0 Å². The van der Waals surface area contributed by atoms with E-state index in [2.05, 4.69) is 22.3 Å². The number of amides is 1. The van der Waals surface area contributed by atoms with E-state index in [0.717, 1.165) is 28.9 Å². The molecule has 0 radical (unpaired) electrons. The van der Waals surface area contributed by atoms with Crippen molar-refractivity contribution in [2.75, 3.05) is 50.1 Å². The highest BCUT2D eigenvalue weighted by molar-refractivity contribution is 5.91. The van der Waals surface area contributed by atoms with Gasteiger partial charge in [-0.3, -0.25) is 23.6 Å². The van der Waals surface area contributed by atoms with Crippen LogP contribution in [0.5, 0.6) is 0 Å². The molecule has 1 saturated heterocycles. The lowest BCUT2D eigenvalue weighted by atomic mass is 10.1. The van der Waals surface area contributed by atoms with Gasteiger partial charge in [0.05, 0.1) is 19.8 Å². The molecule has 0 unspecified atom stereocenters. The molecule has 9 heteroatoms. The van der Waals surface area contributed by atoms with Crippen molar-refractivity contribution in [2.45, 2.75) is 6.54 Å². The van der Waals surface area contributed by atoms with Gasteiger partial charge in [0.15, 0.2) is 0 Å². The second kappa shape index (κ2) is 9.06. The highest BCUT2D eigenvalue weighted by atomic mass is 16.5. The van der Waals surface area contributed by atoms with E-state index >= 15 is 0 Å². The Bertz CT molecular complexity index is 991. The van der Waals surface area contributed by atoms with E-state index in [1.54, 1.807) is 0 Å². The highest BCUT2D eigenvalue weighted by Crippen LogP contribution is 2.22. The van der Waals surface area contributed by atoms with Crippen molar-refractivity contribution in [3.63, 3.8) is 0 Å². The molecule has 2 heterocycles. The molecule has 1 fully saturated rings. The van der Waals surface area contributed by atoms with Gasteiger partial charge in [-0.2, -0.15) is 0 Å². The molecule has 3 rings (SSSR count). The first-order valence-electron chi connectivity index (χ1n) is 9.53. The molecule has 0 atom stereocenters. The van der Waals surface area contributed by atoms with Crippen molar-refractivity contribution < 1.29 is 9.53 Å². The van der Waals surface area contributed by atoms with Crippen LogP contribution in [0.2, 0.25) is 0 Å². The first kappa shape index (κ1) is 20.8. The van der Waals surface area contributed by atoms with Crippen LogP contribution in [0, 0.1) is 0 Å². The first-order chi connectivity index (χ1) is 13.9. The zero-order chi connectivity index (χ0) is 21.0. The average molecular weight is 401 g/mol.